The van der Waals surface area contributed by atoms with Gasteiger partial charge in [0.2, 0.25) is 0 Å². The van der Waals surface area contributed by atoms with Crippen molar-refractivity contribution in [1.82, 2.24) is 0 Å². The molecule has 0 saturated heterocycles. The first kappa shape index (κ1) is 74.7. The minimum Gasteiger partial charge on any atom is -0.462 e. The van der Waals surface area contributed by atoms with Crippen molar-refractivity contribution < 1.29 is 52.2 Å². The normalized spacial score (nSPS) is 13.9. The van der Waals surface area contributed by atoms with Crippen molar-refractivity contribution in [2.45, 2.75) is 290 Å². The Bertz CT molecular complexity index is 1630. The van der Waals surface area contributed by atoms with E-state index in [1.54, 1.807) is 0 Å². The maximum atomic E-state index is 12.9. The molecule has 0 aromatic carbocycles. The Morgan fingerprint density at radius 3 is 1.10 bits per heavy atom. The molecule has 0 saturated carbocycles. The summed E-state index contributed by atoms with van der Waals surface area (Å²) in [5.41, 5.74) is 0. The monoisotopic (exact) mass is 1110 g/mol. The number of carbonyl (C=O) groups excluding carboxylic acids is 3. The number of carbonyl (C=O) groups is 3. The molecule has 0 heterocycles. The van der Waals surface area contributed by atoms with Gasteiger partial charge < -0.3 is 24.2 Å². The van der Waals surface area contributed by atoms with E-state index < -0.39 is 57.8 Å². The molecule has 0 radical (unpaired) electrons. The number of unbranched alkanes of at least 4 members (excludes halogenated alkanes) is 27. The molecule has 0 bridgehead atoms. The zero-order valence-electron chi connectivity index (χ0n) is 49.9. The molecule has 78 heavy (non-hydrogen) atoms. The van der Waals surface area contributed by atoms with Crippen molar-refractivity contribution in [3.8, 4) is 0 Å². The summed E-state index contributed by atoms with van der Waals surface area (Å²) in [5, 5.41) is 9.83. The molecule has 450 valence electrons. The third-order valence-corrected chi connectivity index (χ3v) is 14.3. The maximum Gasteiger partial charge on any atom is 0.472 e. The van der Waals surface area contributed by atoms with Gasteiger partial charge >= 0.3 is 25.7 Å². The fourth-order valence-corrected chi connectivity index (χ4v) is 9.32. The highest BCUT2D eigenvalue weighted by atomic mass is 31.2. The fraction of sp³-hybridized carbons (Fsp3) is 0.742. The number of allylic oxidation sites excluding steroid dienone is 14. The zero-order chi connectivity index (χ0) is 56.9. The predicted molar refractivity (Wildman–Crippen MR) is 325 cm³/mol. The predicted octanol–water partition coefficient (Wildman–Crippen LogP) is 19.0. The number of rotatable bonds is 58. The van der Waals surface area contributed by atoms with Crippen LogP contribution in [0.4, 0.5) is 0 Å². The number of hydrogen-bond acceptors (Lipinski definition) is 10. The third kappa shape index (κ3) is 57.3. The van der Waals surface area contributed by atoms with Crippen LogP contribution in [0.15, 0.2) is 85.1 Å². The molecule has 0 aliphatic heterocycles. The molecule has 3 unspecified atom stereocenters. The molecule has 0 aliphatic rings. The molecule has 0 amide bonds. The van der Waals surface area contributed by atoms with Gasteiger partial charge in [-0.2, -0.15) is 0 Å². The quantitative estimate of drug-likeness (QED) is 0.0197. The molecule has 12 heteroatoms. The number of phosphoric ester groups is 1. The van der Waals surface area contributed by atoms with E-state index in [1.807, 2.05) is 6.08 Å². The molecule has 0 aromatic heterocycles. The zero-order valence-corrected chi connectivity index (χ0v) is 50.8. The summed E-state index contributed by atoms with van der Waals surface area (Å²) >= 11 is 0. The van der Waals surface area contributed by atoms with Gasteiger partial charge in [0.1, 0.15) is 12.7 Å². The Balaban J connectivity index is 4.77. The molecule has 0 spiro atoms. The van der Waals surface area contributed by atoms with E-state index in [0.717, 1.165) is 96.3 Å². The van der Waals surface area contributed by atoms with Gasteiger partial charge in [-0.3, -0.25) is 23.4 Å². The summed E-state index contributed by atoms with van der Waals surface area (Å²) < 4.78 is 39.6. The summed E-state index contributed by atoms with van der Waals surface area (Å²) in [5.74, 6) is -1.54. The van der Waals surface area contributed by atoms with Crippen molar-refractivity contribution in [3.05, 3.63) is 85.1 Å². The van der Waals surface area contributed by atoms with Gasteiger partial charge in [-0.05, 0) is 89.9 Å². The number of hydrogen-bond donors (Lipinski definition) is 2. The number of phosphoric acid groups is 1. The second-order valence-corrected chi connectivity index (χ2v) is 22.3. The van der Waals surface area contributed by atoms with Gasteiger partial charge in [-0.25, -0.2) is 4.57 Å². The van der Waals surface area contributed by atoms with Crippen LogP contribution >= 0.6 is 7.82 Å². The average Bonchev–Trinajstić information content (AvgIpc) is 3.43. The molecule has 0 rings (SSSR count). The highest BCUT2D eigenvalue weighted by Crippen LogP contribution is 2.43. The molecule has 0 aromatic rings. The van der Waals surface area contributed by atoms with Gasteiger partial charge in [0.25, 0.3) is 0 Å². The van der Waals surface area contributed by atoms with E-state index in [-0.39, 0.29) is 25.9 Å². The van der Waals surface area contributed by atoms with Crippen LogP contribution in [0.2, 0.25) is 0 Å². The Hall–Kier alpha value is -3.34. The third-order valence-electron chi connectivity index (χ3n) is 13.3. The van der Waals surface area contributed by atoms with Crippen LogP contribution in [-0.4, -0.2) is 66.5 Å². The maximum absolute atomic E-state index is 12.9. The molecular weight excluding hydrogens is 1000 g/mol. The molecular formula is C66H115O11P. The Kier molecular flexibility index (Phi) is 57.2. The second-order valence-electron chi connectivity index (χ2n) is 20.8. The van der Waals surface area contributed by atoms with Gasteiger partial charge in [0.05, 0.1) is 19.8 Å². The first-order chi connectivity index (χ1) is 38.2. The lowest BCUT2D eigenvalue weighted by molar-refractivity contribution is -0.161. The van der Waals surface area contributed by atoms with Crippen LogP contribution in [0, 0.1) is 0 Å². The van der Waals surface area contributed by atoms with Crippen LogP contribution in [0.3, 0.4) is 0 Å². The molecule has 3 atom stereocenters. The van der Waals surface area contributed by atoms with E-state index in [4.69, 9.17) is 23.3 Å². The summed E-state index contributed by atoms with van der Waals surface area (Å²) in [7, 11) is -4.77. The topological polar surface area (TPSA) is 155 Å². The van der Waals surface area contributed by atoms with Crippen LogP contribution in [0.1, 0.15) is 278 Å². The minimum atomic E-state index is -4.77. The second kappa shape index (κ2) is 59.8. The van der Waals surface area contributed by atoms with E-state index in [0.29, 0.717) is 25.7 Å². The number of aliphatic hydroxyl groups is 1. The van der Waals surface area contributed by atoms with E-state index in [9.17, 15) is 28.9 Å². The van der Waals surface area contributed by atoms with Gasteiger partial charge in [0, 0.05) is 19.3 Å². The van der Waals surface area contributed by atoms with Gasteiger partial charge in [0.15, 0.2) is 6.10 Å². The molecule has 2 N–H and O–H groups in total. The summed E-state index contributed by atoms with van der Waals surface area (Å²) in [6, 6.07) is 0. The van der Waals surface area contributed by atoms with Gasteiger partial charge in [-0.1, -0.05) is 254 Å². The highest BCUT2D eigenvalue weighted by molar-refractivity contribution is 7.47. The van der Waals surface area contributed by atoms with E-state index in [2.05, 4.69) is 99.8 Å². The van der Waals surface area contributed by atoms with Crippen molar-refractivity contribution in [3.63, 3.8) is 0 Å². The summed E-state index contributed by atoms with van der Waals surface area (Å²) in [4.78, 5) is 48.7. The van der Waals surface area contributed by atoms with E-state index >= 15 is 0 Å². The number of ether oxygens (including phenoxy) is 3. The number of aliphatic hydroxyl groups excluding tert-OH is 1. The largest absolute Gasteiger partial charge is 0.472 e. The molecule has 11 nitrogen and oxygen atoms in total. The van der Waals surface area contributed by atoms with Crippen molar-refractivity contribution in [2.24, 2.45) is 0 Å². The Morgan fingerprint density at radius 1 is 0.372 bits per heavy atom. The van der Waals surface area contributed by atoms with Crippen LogP contribution in [0.5, 0.6) is 0 Å². The van der Waals surface area contributed by atoms with Gasteiger partial charge in [-0.15, -0.1) is 0 Å². The Labute approximate surface area is 477 Å². The van der Waals surface area contributed by atoms with Crippen molar-refractivity contribution >= 4 is 25.7 Å². The van der Waals surface area contributed by atoms with Crippen LogP contribution in [0.25, 0.3) is 0 Å². The standard InChI is InChI=1S/C66H115O11P/c1-4-7-10-13-16-19-22-25-28-30-31-33-35-37-40-43-46-49-52-55-64(68)73-59-63(77-66(70)57-54-51-48-45-42-39-36-32-29-26-23-20-17-14-11-8-5-2)61-75-78(71,72)74-60-62(58-67)76-65(69)56-53-50-47-44-41-38-34-27-24-21-18-15-12-9-6-3/h8,11,17-18,20-21,26-27,29,34,36,39,45,48,62-63,67H,4-7,9-10,12-16,19,22-25,28,30-33,35,37-38,40-44,46-47,49-61H2,1-3H3,(H,71,72)/b11-8-,20-17-,21-18-,29-26-,34-27-,39-36-,48-45-. The smallest absolute Gasteiger partial charge is 0.462 e. The lowest BCUT2D eigenvalue weighted by atomic mass is 10.0. The summed E-state index contributed by atoms with van der Waals surface area (Å²) in [6.07, 6.45) is 69.7. The van der Waals surface area contributed by atoms with Crippen LogP contribution in [-0.2, 0) is 42.2 Å². The van der Waals surface area contributed by atoms with Crippen molar-refractivity contribution in [1.29, 1.82) is 0 Å². The lowest BCUT2D eigenvalue weighted by Crippen LogP contribution is -2.30. The summed E-state index contributed by atoms with van der Waals surface area (Å²) in [6.45, 7) is 4.46. The molecule has 0 aliphatic carbocycles. The first-order valence-corrected chi connectivity index (χ1v) is 33.0. The average molecular weight is 1120 g/mol. The Morgan fingerprint density at radius 2 is 0.679 bits per heavy atom. The lowest BCUT2D eigenvalue weighted by Gasteiger charge is -2.21. The SMILES string of the molecule is CC/C=C\C/C=C\C/C=C\C/C=C\C/C=C\CCCC(=O)OC(COC(=O)CCCCCCCCCCCCCCCCCCCCC)COP(=O)(O)OCC(CO)OC(=O)CCCCCCC/C=C\C/C=C\CCCCC. The van der Waals surface area contributed by atoms with E-state index in [1.165, 1.54) is 116 Å². The minimum absolute atomic E-state index is 0.0874. The highest BCUT2D eigenvalue weighted by Gasteiger charge is 2.28. The van der Waals surface area contributed by atoms with Crippen LogP contribution < -0.4 is 0 Å². The number of esters is 3. The fourth-order valence-electron chi connectivity index (χ4n) is 8.54. The first-order valence-electron chi connectivity index (χ1n) is 31.5. The van der Waals surface area contributed by atoms with Crippen molar-refractivity contribution in [2.75, 3.05) is 26.4 Å². The molecule has 0 fully saturated rings.